The molecule has 1 heterocycles. The number of hydrogen-bond donors (Lipinski definition) is 0. The number of likely N-dealkylation sites (tertiary alicyclic amines) is 1. The van der Waals surface area contributed by atoms with E-state index in [1.54, 1.807) is 7.11 Å². The van der Waals surface area contributed by atoms with Gasteiger partial charge in [-0.25, -0.2) is 0 Å². The number of hydrogen-bond acceptors (Lipinski definition) is 2. The number of ether oxygens (including phenoxy) is 1. The van der Waals surface area contributed by atoms with Gasteiger partial charge in [0.05, 0.1) is 7.11 Å². The third-order valence-corrected chi connectivity index (χ3v) is 4.16. The Balaban J connectivity index is 2.06. The second kappa shape index (κ2) is 5.87. The molecule has 1 aromatic carbocycles. The highest BCUT2D eigenvalue weighted by Crippen LogP contribution is 2.25. The van der Waals surface area contributed by atoms with Gasteiger partial charge < -0.3 is 4.74 Å². The van der Waals surface area contributed by atoms with Gasteiger partial charge >= 0.3 is 0 Å². The van der Waals surface area contributed by atoms with Gasteiger partial charge in [-0.2, -0.15) is 0 Å². The van der Waals surface area contributed by atoms with E-state index in [1.807, 2.05) is 6.07 Å². The van der Waals surface area contributed by atoms with Crippen LogP contribution >= 0.6 is 15.9 Å². The van der Waals surface area contributed by atoms with Crippen LogP contribution in [-0.2, 0) is 6.54 Å². The van der Waals surface area contributed by atoms with Crippen LogP contribution in [-0.4, -0.2) is 25.1 Å². The molecular weight excluding hydrogens is 278 g/mol. The molecule has 94 valence electrons. The first-order valence-corrected chi connectivity index (χ1v) is 7.03. The third kappa shape index (κ3) is 3.46. The first kappa shape index (κ1) is 12.9. The zero-order chi connectivity index (χ0) is 12.3. The molecule has 0 bridgehead atoms. The Kier molecular flexibility index (Phi) is 4.46. The van der Waals surface area contributed by atoms with Gasteiger partial charge in [-0.15, -0.1) is 0 Å². The van der Waals surface area contributed by atoms with E-state index in [0.29, 0.717) is 0 Å². The Morgan fingerprint density at radius 3 is 3.00 bits per heavy atom. The van der Waals surface area contributed by atoms with Gasteiger partial charge in [-0.1, -0.05) is 22.9 Å². The Hall–Kier alpha value is -0.540. The smallest absolute Gasteiger partial charge is 0.119 e. The normalized spacial score (nSPS) is 21.5. The highest BCUT2D eigenvalue weighted by molar-refractivity contribution is 9.10. The quantitative estimate of drug-likeness (QED) is 0.844. The van der Waals surface area contributed by atoms with Crippen molar-refractivity contribution in [2.45, 2.75) is 26.3 Å². The van der Waals surface area contributed by atoms with E-state index in [4.69, 9.17) is 4.74 Å². The fourth-order valence-electron chi connectivity index (χ4n) is 2.47. The predicted octanol–water partition coefficient (Wildman–Crippen LogP) is 3.69. The maximum Gasteiger partial charge on any atom is 0.119 e. The molecule has 0 radical (unpaired) electrons. The first-order chi connectivity index (χ1) is 8.19. The maximum atomic E-state index is 5.28. The predicted molar refractivity (Wildman–Crippen MR) is 74.4 cm³/mol. The molecule has 1 aliphatic heterocycles. The summed E-state index contributed by atoms with van der Waals surface area (Å²) in [6.45, 7) is 5.78. The summed E-state index contributed by atoms with van der Waals surface area (Å²) in [7, 11) is 1.72. The summed E-state index contributed by atoms with van der Waals surface area (Å²) >= 11 is 3.62. The zero-order valence-corrected chi connectivity index (χ0v) is 12.2. The lowest BCUT2D eigenvalue weighted by Crippen LogP contribution is -2.33. The molecule has 17 heavy (non-hydrogen) atoms. The van der Waals surface area contributed by atoms with Crippen LogP contribution in [0.15, 0.2) is 22.7 Å². The SMILES string of the molecule is COc1ccc(Br)c(CN2CCCC(C)C2)c1. The van der Waals surface area contributed by atoms with Gasteiger partial charge in [0.25, 0.3) is 0 Å². The summed E-state index contributed by atoms with van der Waals surface area (Å²) in [4.78, 5) is 2.54. The monoisotopic (exact) mass is 297 g/mol. The molecule has 0 aromatic heterocycles. The standard InChI is InChI=1S/C14H20BrNO/c1-11-4-3-7-16(9-11)10-12-8-13(17-2)5-6-14(12)15/h5-6,8,11H,3-4,7,9-10H2,1-2H3. The van der Waals surface area contributed by atoms with E-state index in [-0.39, 0.29) is 0 Å². The zero-order valence-electron chi connectivity index (χ0n) is 10.6. The molecular formula is C14H20BrNO. The molecule has 1 fully saturated rings. The number of benzene rings is 1. The van der Waals surface area contributed by atoms with Crippen molar-refractivity contribution in [1.82, 2.24) is 4.90 Å². The Morgan fingerprint density at radius 2 is 2.29 bits per heavy atom. The molecule has 0 N–H and O–H groups in total. The summed E-state index contributed by atoms with van der Waals surface area (Å²) in [5.41, 5.74) is 1.32. The van der Waals surface area contributed by atoms with Crippen molar-refractivity contribution in [1.29, 1.82) is 0 Å². The minimum absolute atomic E-state index is 0.827. The topological polar surface area (TPSA) is 12.5 Å². The van der Waals surface area contributed by atoms with Crippen LogP contribution in [0.25, 0.3) is 0 Å². The molecule has 1 saturated heterocycles. The van der Waals surface area contributed by atoms with Crippen molar-refractivity contribution < 1.29 is 4.74 Å². The van der Waals surface area contributed by atoms with Crippen LogP contribution in [0.5, 0.6) is 5.75 Å². The van der Waals surface area contributed by atoms with Gasteiger partial charge in [0.15, 0.2) is 0 Å². The molecule has 2 nitrogen and oxygen atoms in total. The van der Waals surface area contributed by atoms with Crippen LogP contribution in [0, 0.1) is 5.92 Å². The van der Waals surface area contributed by atoms with Crippen LogP contribution in [0.2, 0.25) is 0 Å². The van der Waals surface area contributed by atoms with Crippen molar-refractivity contribution >= 4 is 15.9 Å². The molecule has 1 aliphatic rings. The van der Waals surface area contributed by atoms with Gasteiger partial charge in [0.1, 0.15) is 5.75 Å². The van der Waals surface area contributed by atoms with Crippen LogP contribution in [0.1, 0.15) is 25.3 Å². The van der Waals surface area contributed by atoms with Gasteiger partial charge in [-0.05, 0) is 49.1 Å². The lowest BCUT2D eigenvalue weighted by atomic mass is 10.00. The molecule has 2 rings (SSSR count). The van der Waals surface area contributed by atoms with E-state index >= 15 is 0 Å². The molecule has 3 heteroatoms. The van der Waals surface area contributed by atoms with E-state index < -0.39 is 0 Å². The molecule has 1 aromatic rings. The highest BCUT2D eigenvalue weighted by atomic mass is 79.9. The molecule has 1 atom stereocenters. The number of halogens is 1. The van der Waals surface area contributed by atoms with Crippen molar-refractivity contribution in [3.8, 4) is 5.75 Å². The summed E-state index contributed by atoms with van der Waals surface area (Å²) < 4.78 is 6.46. The second-order valence-electron chi connectivity index (χ2n) is 4.94. The van der Waals surface area contributed by atoms with Crippen LogP contribution in [0.3, 0.4) is 0 Å². The number of piperidine rings is 1. The average Bonchev–Trinajstić information content (AvgIpc) is 2.32. The average molecular weight is 298 g/mol. The van der Waals surface area contributed by atoms with E-state index in [2.05, 4.69) is 39.9 Å². The maximum absolute atomic E-state index is 5.28. The molecule has 1 unspecified atom stereocenters. The summed E-state index contributed by atoms with van der Waals surface area (Å²) in [6.07, 6.45) is 2.69. The minimum atomic E-state index is 0.827. The third-order valence-electron chi connectivity index (χ3n) is 3.39. The number of nitrogens with zero attached hydrogens (tertiary/aromatic N) is 1. The fourth-order valence-corrected chi connectivity index (χ4v) is 2.84. The van der Waals surface area contributed by atoms with Gasteiger partial charge in [-0.3, -0.25) is 4.90 Å². The molecule has 0 spiro atoms. The van der Waals surface area contributed by atoms with E-state index in [1.165, 1.54) is 36.0 Å². The summed E-state index contributed by atoms with van der Waals surface area (Å²) in [5, 5.41) is 0. The Labute approximate surface area is 112 Å². The first-order valence-electron chi connectivity index (χ1n) is 6.24. The number of methoxy groups -OCH3 is 1. The van der Waals surface area contributed by atoms with Crippen LogP contribution in [0.4, 0.5) is 0 Å². The molecule has 0 aliphatic carbocycles. The van der Waals surface area contributed by atoms with E-state index in [0.717, 1.165) is 18.2 Å². The molecule has 0 saturated carbocycles. The lowest BCUT2D eigenvalue weighted by Gasteiger charge is -2.31. The van der Waals surface area contributed by atoms with Crippen molar-refractivity contribution in [3.63, 3.8) is 0 Å². The van der Waals surface area contributed by atoms with Crippen molar-refractivity contribution in [3.05, 3.63) is 28.2 Å². The van der Waals surface area contributed by atoms with Crippen molar-refractivity contribution in [2.75, 3.05) is 20.2 Å². The fraction of sp³-hybridized carbons (Fsp3) is 0.571. The largest absolute Gasteiger partial charge is 0.497 e. The lowest BCUT2D eigenvalue weighted by molar-refractivity contribution is 0.176. The van der Waals surface area contributed by atoms with Gasteiger partial charge in [0.2, 0.25) is 0 Å². The van der Waals surface area contributed by atoms with Gasteiger partial charge in [0, 0.05) is 17.6 Å². The Morgan fingerprint density at radius 1 is 1.47 bits per heavy atom. The van der Waals surface area contributed by atoms with Crippen LogP contribution < -0.4 is 4.74 Å². The highest BCUT2D eigenvalue weighted by Gasteiger charge is 2.17. The van der Waals surface area contributed by atoms with Crippen molar-refractivity contribution in [2.24, 2.45) is 5.92 Å². The minimum Gasteiger partial charge on any atom is -0.497 e. The van der Waals surface area contributed by atoms with E-state index in [9.17, 15) is 0 Å². The second-order valence-corrected chi connectivity index (χ2v) is 5.79. The number of rotatable bonds is 3. The molecule has 0 amide bonds. The summed E-state index contributed by atoms with van der Waals surface area (Å²) in [5.74, 6) is 1.77. The summed E-state index contributed by atoms with van der Waals surface area (Å²) in [6, 6.07) is 6.19. The Bertz CT molecular complexity index is 380.